The second-order valence-electron chi connectivity index (χ2n) is 5.12. The van der Waals surface area contributed by atoms with Crippen LogP contribution in [-0.2, 0) is 9.53 Å². The van der Waals surface area contributed by atoms with Gasteiger partial charge in [-0.3, -0.25) is 4.79 Å². The van der Waals surface area contributed by atoms with Crippen molar-refractivity contribution in [3.63, 3.8) is 0 Å². The number of ether oxygens (including phenoxy) is 2. The van der Waals surface area contributed by atoms with Gasteiger partial charge < -0.3 is 14.8 Å². The molecule has 0 aliphatic heterocycles. The van der Waals surface area contributed by atoms with Crippen LogP contribution < -0.4 is 10.1 Å². The van der Waals surface area contributed by atoms with Gasteiger partial charge >= 0.3 is 5.97 Å². The predicted molar refractivity (Wildman–Crippen MR) is 97.6 cm³/mol. The maximum atomic E-state index is 12.3. The number of halogens is 2. The van der Waals surface area contributed by atoms with Crippen LogP contribution in [0.1, 0.15) is 24.2 Å². The van der Waals surface area contributed by atoms with E-state index in [1.54, 1.807) is 42.5 Å². The largest absolute Gasteiger partial charge is 0.493 e. The van der Waals surface area contributed by atoms with Gasteiger partial charge in [-0.05, 0) is 44.2 Å². The van der Waals surface area contributed by atoms with Gasteiger partial charge in [0.25, 0.3) is 5.91 Å². The van der Waals surface area contributed by atoms with E-state index in [1.807, 2.05) is 6.92 Å². The molecule has 0 heterocycles. The van der Waals surface area contributed by atoms with E-state index in [9.17, 15) is 9.59 Å². The smallest absolute Gasteiger partial charge is 0.342 e. The first kappa shape index (κ1) is 19.1. The fourth-order valence-corrected chi connectivity index (χ4v) is 2.59. The van der Waals surface area contributed by atoms with E-state index in [2.05, 4.69) is 5.32 Å². The van der Waals surface area contributed by atoms with Crippen LogP contribution in [0.5, 0.6) is 5.75 Å². The number of nitrogens with one attached hydrogen (secondary N) is 1. The SMILES string of the molecule is CCOc1ccccc1C(=O)O[C@H](C)C(=O)Nc1cc(Cl)cc(Cl)c1. The zero-order valence-corrected chi connectivity index (χ0v) is 15.2. The van der Waals surface area contributed by atoms with E-state index in [4.69, 9.17) is 32.7 Å². The Labute approximate surface area is 155 Å². The molecule has 25 heavy (non-hydrogen) atoms. The van der Waals surface area contributed by atoms with Gasteiger partial charge in [-0.2, -0.15) is 0 Å². The van der Waals surface area contributed by atoms with Crippen molar-refractivity contribution >= 4 is 40.8 Å². The highest BCUT2D eigenvalue weighted by atomic mass is 35.5. The average molecular weight is 382 g/mol. The number of hydrogen-bond acceptors (Lipinski definition) is 4. The van der Waals surface area contributed by atoms with Crippen LogP contribution in [-0.4, -0.2) is 24.6 Å². The monoisotopic (exact) mass is 381 g/mol. The van der Waals surface area contributed by atoms with Crippen molar-refractivity contribution in [1.82, 2.24) is 0 Å². The quantitative estimate of drug-likeness (QED) is 0.743. The molecule has 0 aliphatic carbocycles. The summed E-state index contributed by atoms with van der Waals surface area (Å²) >= 11 is 11.8. The maximum absolute atomic E-state index is 12.3. The summed E-state index contributed by atoms with van der Waals surface area (Å²) in [5, 5.41) is 3.38. The lowest BCUT2D eigenvalue weighted by Crippen LogP contribution is -2.30. The first-order valence-electron chi connectivity index (χ1n) is 7.60. The molecular weight excluding hydrogens is 365 g/mol. The molecule has 1 amide bonds. The molecule has 0 aliphatic rings. The highest BCUT2D eigenvalue weighted by Gasteiger charge is 2.21. The number of hydrogen-bond donors (Lipinski definition) is 1. The van der Waals surface area contributed by atoms with Crippen LogP contribution in [0.4, 0.5) is 5.69 Å². The zero-order valence-electron chi connectivity index (χ0n) is 13.7. The minimum atomic E-state index is -1.01. The number of rotatable bonds is 6. The van der Waals surface area contributed by atoms with E-state index in [1.165, 1.54) is 6.92 Å². The molecule has 0 fully saturated rings. The summed E-state index contributed by atoms with van der Waals surface area (Å²) in [6.45, 7) is 3.70. The predicted octanol–water partition coefficient (Wildman–Crippen LogP) is 4.58. The fraction of sp³-hybridized carbons (Fsp3) is 0.222. The molecule has 7 heteroatoms. The van der Waals surface area contributed by atoms with Crippen molar-refractivity contribution in [3.8, 4) is 5.75 Å². The second kappa shape index (κ2) is 8.74. The molecule has 0 saturated carbocycles. The third-order valence-corrected chi connectivity index (χ3v) is 3.63. The first-order chi connectivity index (χ1) is 11.9. The fourth-order valence-electron chi connectivity index (χ4n) is 2.06. The number of anilines is 1. The van der Waals surface area contributed by atoms with Gasteiger partial charge in [0.05, 0.1) is 6.61 Å². The molecule has 0 bridgehead atoms. The number of amides is 1. The van der Waals surface area contributed by atoms with E-state index < -0.39 is 18.0 Å². The molecule has 132 valence electrons. The molecule has 0 saturated heterocycles. The van der Waals surface area contributed by atoms with E-state index >= 15 is 0 Å². The number of benzene rings is 2. The molecular formula is C18H17Cl2NO4. The Morgan fingerprint density at radius 1 is 1.12 bits per heavy atom. The molecule has 0 unspecified atom stereocenters. The van der Waals surface area contributed by atoms with Gasteiger partial charge in [-0.25, -0.2) is 4.79 Å². The second-order valence-corrected chi connectivity index (χ2v) is 6.00. The Morgan fingerprint density at radius 2 is 1.76 bits per heavy atom. The van der Waals surface area contributed by atoms with Crippen molar-refractivity contribution in [1.29, 1.82) is 0 Å². The Hall–Kier alpha value is -2.24. The summed E-state index contributed by atoms with van der Waals surface area (Å²) in [6.07, 6.45) is -1.01. The molecule has 1 atom stereocenters. The molecule has 2 aromatic rings. The van der Waals surface area contributed by atoms with Crippen molar-refractivity contribution in [2.24, 2.45) is 0 Å². The Kier molecular flexibility index (Phi) is 6.67. The minimum Gasteiger partial charge on any atom is -0.493 e. The highest BCUT2D eigenvalue weighted by Crippen LogP contribution is 2.23. The van der Waals surface area contributed by atoms with Crippen LogP contribution >= 0.6 is 23.2 Å². The summed E-state index contributed by atoms with van der Waals surface area (Å²) < 4.78 is 10.6. The van der Waals surface area contributed by atoms with E-state index in [0.717, 1.165) is 0 Å². The topological polar surface area (TPSA) is 64.6 Å². The molecule has 2 rings (SSSR count). The molecule has 1 N–H and O–H groups in total. The third-order valence-electron chi connectivity index (χ3n) is 3.19. The lowest BCUT2D eigenvalue weighted by atomic mass is 10.2. The summed E-state index contributed by atoms with van der Waals surface area (Å²) in [5.41, 5.74) is 0.676. The van der Waals surface area contributed by atoms with E-state index in [0.29, 0.717) is 28.1 Å². The van der Waals surface area contributed by atoms with Crippen LogP contribution in [0.15, 0.2) is 42.5 Å². The number of carbonyl (C=O) groups excluding carboxylic acids is 2. The molecule has 0 aromatic heterocycles. The summed E-state index contributed by atoms with van der Waals surface area (Å²) in [4.78, 5) is 24.5. The van der Waals surface area contributed by atoms with Crippen LogP contribution in [0, 0.1) is 0 Å². The summed E-state index contributed by atoms with van der Waals surface area (Å²) in [5.74, 6) is -0.736. The molecule has 2 aromatic carbocycles. The molecule has 0 radical (unpaired) electrons. The molecule has 5 nitrogen and oxygen atoms in total. The minimum absolute atomic E-state index is 0.259. The lowest BCUT2D eigenvalue weighted by Gasteiger charge is -2.15. The normalized spacial score (nSPS) is 11.5. The van der Waals surface area contributed by atoms with Gasteiger partial charge in [0.1, 0.15) is 11.3 Å². The van der Waals surface area contributed by atoms with Crippen molar-refractivity contribution in [2.45, 2.75) is 20.0 Å². The first-order valence-corrected chi connectivity index (χ1v) is 8.36. The number of para-hydroxylation sites is 1. The Morgan fingerprint density at radius 3 is 2.40 bits per heavy atom. The summed E-state index contributed by atoms with van der Waals surface area (Å²) in [6, 6.07) is 11.3. The van der Waals surface area contributed by atoms with E-state index in [-0.39, 0.29) is 5.56 Å². The van der Waals surface area contributed by atoms with Crippen LogP contribution in [0.2, 0.25) is 10.0 Å². The van der Waals surface area contributed by atoms with Gasteiger partial charge in [0.2, 0.25) is 0 Å². The zero-order chi connectivity index (χ0) is 18.4. The third kappa shape index (κ3) is 5.37. The van der Waals surface area contributed by atoms with Gasteiger partial charge in [0, 0.05) is 15.7 Å². The van der Waals surface area contributed by atoms with Crippen molar-refractivity contribution in [2.75, 3.05) is 11.9 Å². The highest BCUT2D eigenvalue weighted by molar-refractivity contribution is 6.35. The van der Waals surface area contributed by atoms with Crippen molar-refractivity contribution < 1.29 is 19.1 Å². The Bertz CT molecular complexity index is 759. The van der Waals surface area contributed by atoms with Crippen LogP contribution in [0.3, 0.4) is 0 Å². The molecule has 0 spiro atoms. The van der Waals surface area contributed by atoms with Gasteiger partial charge in [-0.15, -0.1) is 0 Å². The lowest BCUT2D eigenvalue weighted by molar-refractivity contribution is -0.123. The maximum Gasteiger partial charge on any atom is 0.342 e. The Balaban J connectivity index is 2.04. The summed E-state index contributed by atoms with van der Waals surface area (Å²) in [7, 11) is 0. The van der Waals surface area contributed by atoms with Gasteiger partial charge in [-0.1, -0.05) is 35.3 Å². The number of carbonyl (C=O) groups is 2. The van der Waals surface area contributed by atoms with Crippen LogP contribution in [0.25, 0.3) is 0 Å². The van der Waals surface area contributed by atoms with Gasteiger partial charge in [0.15, 0.2) is 6.10 Å². The average Bonchev–Trinajstić information content (AvgIpc) is 2.54. The number of esters is 1. The standard InChI is InChI=1S/C18H17Cl2NO4/c1-3-24-16-7-5-4-6-15(16)18(23)25-11(2)17(22)21-14-9-12(19)8-13(20)10-14/h4-11H,3H2,1-2H3,(H,21,22)/t11-/m1/s1. The van der Waals surface area contributed by atoms with Crippen molar-refractivity contribution in [3.05, 3.63) is 58.1 Å².